The summed E-state index contributed by atoms with van der Waals surface area (Å²) in [5.41, 5.74) is 6.76. The maximum absolute atomic E-state index is 12.3. The lowest BCUT2D eigenvalue weighted by Gasteiger charge is -2.22. The van der Waals surface area contributed by atoms with Crippen molar-refractivity contribution in [3.05, 3.63) is 23.8 Å². The average Bonchev–Trinajstić information content (AvgIpc) is 2.89. The van der Waals surface area contributed by atoms with E-state index in [0.717, 1.165) is 25.7 Å². The first-order chi connectivity index (χ1) is 9.40. The Labute approximate surface area is 115 Å². The van der Waals surface area contributed by atoms with E-state index in [4.69, 9.17) is 10.5 Å². The van der Waals surface area contributed by atoms with Crippen LogP contribution in [0.5, 0.6) is 11.5 Å². The Morgan fingerprint density at radius 3 is 2.45 bits per heavy atom. The van der Waals surface area contributed by atoms with Crippen LogP contribution in [0.2, 0.25) is 0 Å². The Bertz CT molecular complexity index is 456. The highest BCUT2D eigenvalue weighted by Gasteiger charge is 2.32. The number of halogens is 3. The highest BCUT2D eigenvalue weighted by Crippen LogP contribution is 2.39. The Hall–Kier alpha value is -1.43. The third-order valence-electron chi connectivity index (χ3n) is 3.70. The Morgan fingerprint density at radius 2 is 1.90 bits per heavy atom. The molecule has 2 N–H and O–H groups in total. The zero-order chi connectivity index (χ0) is 14.8. The molecule has 1 aromatic rings. The summed E-state index contributed by atoms with van der Waals surface area (Å²) in [4.78, 5) is 0. The second-order valence-electron chi connectivity index (χ2n) is 5.02. The normalized spacial score (nSPS) is 18.1. The summed E-state index contributed by atoms with van der Waals surface area (Å²) >= 11 is 0. The van der Waals surface area contributed by atoms with Crippen molar-refractivity contribution < 1.29 is 22.6 Å². The van der Waals surface area contributed by atoms with E-state index in [1.807, 2.05) is 0 Å². The first kappa shape index (κ1) is 15.0. The van der Waals surface area contributed by atoms with Crippen molar-refractivity contribution in [3.63, 3.8) is 0 Å². The quantitative estimate of drug-likeness (QED) is 0.917. The minimum Gasteiger partial charge on any atom is -0.496 e. The lowest BCUT2D eigenvalue weighted by Crippen LogP contribution is -2.21. The van der Waals surface area contributed by atoms with E-state index in [2.05, 4.69) is 4.74 Å². The SMILES string of the molecule is COc1ccc(OC(F)(F)F)cc1[C@@H](N)C1CCCC1. The van der Waals surface area contributed by atoms with Crippen LogP contribution in [-0.4, -0.2) is 13.5 Å². The summed E-state index contributed by atoms with van der Waals surface area (Å²) in [6, 6.07) is 3.70. The zero-order valence-electron chi connectivity index (χ0n) is 11.2. The molecule has 0 bridgehead atoms. The first-order valence-electron chi connectivity index (χ1n) is 6.60. The molecule has 1 aromatic carbocycles. The van der Waals surface area contributed by atoms with Gasteiger partial charge in [-0.2, -0.15) is 0 Å². The van der Waals surface area contributed by atoms with E-state index in [1.54, 1.807) is 0 Å². The van der Waals surface area contributed by atoms with Gasteiger partial charge in [0.2, 0.25) is 0 Å². The summed E-state index contributed by atoms with van der Waals surface area (Å²) in [5.74, 6) is 0.519. The molecule has 0 saturated heterocycles. The van der Waals surface area contributed by atoms with Gasteiger partial charge in [-0.1, -0.05) is 12.8 Å². The molecule has 1 aliphatic carbocycles. The number of benzene rings is 1. The van der Waals surface area contributed by atoms with Crippen LogP contribution in [0.3, 0.4) is 0 Å². The third-order valence-corrected chi connectivity index (χ3v) is 3.70. The van der Waals surface area contributed by atoms with E-state index >= 15 is 0 Å². The third kappa shape index (κ3) is 3.56. The van der Waals surface area contributed by atoms with Crippen LogP contribution in [-0.2, 0) is 0 Å². The molecular weight excluding hydrogens is 271 g/mol. The van der Waals surface area contributed by atoms with E-state index in [9.17, 15) is 13.2 Å². The van der Waals surface area contributed by atoms with Crippen LogP contribution in [0, 0.1) is 5.92 Å². The molecule has 0 spiro atoms. The number of methoxy groups -OCH3 is 1. The van der Waals surface area contributed by atoms with Gasteiger partial charge in [0, 0.05) is 11.6 Å². The van der Waals surface area contributed by atoms with Crippen LogP contribution >= 0.6 is 0 Å². The number of alkyl halides is 3. The lowest BCUT2D eigenvalue weighted by molar-refractivity contribution is -0.274. The molecule has 0 heterocycles. The average molecular weight is 289 g/mol. The van der Waals surface area contributed by atoms with Crippen molar-refractivity contribution >= 4 is 0 Å². The van der Waals surface area contributed by atoms with E-state index < -0.39 is 6.36 Å². The van der Waals surface area contributed by atoms with Crippen LogP contribution in [0.15, 0.2) is 18.2 Å². The molecule has 1 saturated carbocycles. The van der Waals surface area contributed by atoms with Gasteiger partial charge in [-0.3, -0.25) is 0 Å². The molecule has 1 fully saturated rings. The van der Waals surface area contributed by atoms with Gasteiger partial charge in [-0.15, -0.1) is 13.2 Å². The van der Waals surface area contributed by atoms with E-state index in [0.29, 0.717) is 11.3 Å². The molecule has 20 heavy (non-hydrogen) atoms. The number of nitrogens with two attached hydrogens (primary N) is 1. The van der Waals surface area contributed by atoms with Crippen LogP contribution in [0.4, 0.5) is 13.2 Å². The minimum atomic E-state index is -4.71. The number of hydrogen-bond acceptors (Lipinski definition) is 3. The van der Waals surface area contributed by atoms with Crippen LogP contribution in [0.25, 0.3) is 0 Å². The zero-order valence-corrected chi connectivity index (χ0v) is 11.2. The molecular formula is C14H18F3NO2. The fourth-order valence-electron chi connectivity index (χ4n) is 2.74. The van der Waals surface area contributed by atoms with Crippen molar-refractivity contribution in [2.24, 2.45) is 11.7 Å². The summed E-state index contributed by atoms with van der Waals surface area (Å²) in [7, 11) is 1.48. The lowest BCUT2D eigenvalue weighted by atomic mass is 9.92. The Kier molecular flexibility index (Phi) is 4.42. The molecule has 0 unspecified atom stereocenters. The maximum atomic E-state index is 12.3. The van der Waals surface area contributed by atoms with Crippen molar-refractivity contribution in [1.82, 2.24) is 0 Å². The summed E-state index contributed by atoms with van der Waals surface area (Å²) in [6.07, 6.45) is -0.495. The van der Waals surface area contributed by atoms with Crippen molar-refractivity contribution in [3.8, 4) is 11.5 Å². The van der Waals surface area contributed by atoms with Gasteiger partial charge in [-0.25, -0.2) is 0 Å². The first-order valence-corrected chi connectivity index (χ1v) is 6.60. The molecule has 3 nitrogen and oxygen atoms in total. The highest BCUT2D eigenvalue weighted by molar-refractivity contribution is 5.42. The molecule has 2 rings (SSSR count). The fraction of sp³-hybridized carbons (Fsp3) is 0.571. The Morgan fingerprint density at radius 1 is 1.25 bits per heavy atom. The summed E-state index contributed by atoms with van der Waals surface area (Å²) < 4.78 is 46.0. The number of hydrogen-bond donors (Lipinski definition) is 1. The second-order valence-corrected chi connectivity index (χ2v) is 5.02. The molecule has 1 atom stereocenters. The predicted molar refractivity (Wildman–Crippen MR) is 68.6 cm³/mol. The predicted octanol–water partition coefficient (Wildman–Crippen LogP) is 3.78. The van der Waals surface area contributed by atoms with E-state index in [-0.39, 0.29) is 17.7 Å². The second kappa shape index (κ2) is 5.91. The molecule has 0 amide bonds. The fourth-order valence-corrected chi connectivity index (χ4v) is 2.74. The van der Waals surface area contributed by atoms with Gasteiger partial charge >= 0.3 is 6.36 Å². The van der Waals surface area contributed by atoms with Gasteiger partial charge in [0.25, 0.3) is 0 Å². The van der Waals surface area contributed by atoms with Crippen molar-refractivity contribution in [2.75, 3.05) is 7.11 Å². The minimum absolute atomic E-state index is 0.262. The van der Waals surface area contributed by atoms with Crippen LogP contribution in [0.1, 0.15) is 37.3 Å². The monoisotopic (exact) mass is 289 g/mol. The van der Waals surface area contributed by atoms with Gasteiger partial charge in [-0.05, 0) is 37.0 Å². The molecule has 0 aliphatic heterocycles. The Balaban J connectivity index is 2.26. The van der Waals surface area contributed by atoms with Gasteiger partial charge in [0.05, 0.1) is 7.11 Å². The molecule has 0 aromatic heterocycles. The van der Waals surface area contributed by atoms with Gasteiger partial charge in [0.1, 0.15) is 11.5 Å². The van der Waals surface area contributed by atoms with Crippen LogP contribution < -0.4 is 15.2 Å². The molecule has 6 heteroatoms. The molecule has 1 aliphatic rings. The largest absolute Gasteiger partial charge is 0.573 e. The van der Waals surface area contributed by atoms with Crippen molar-refractivity contribution in [1.29, 1.82) is 0 Å². The maximum Gasteiger partial charge on any atom is 0.573 e. The van der Waals surface area contributed by atoms with E-state index in [1.165, 1.54) is 25.3 Å². The van der Waals surface area contributed by atoms with Gasteiger partial charge < -0.3 is 15.2 Å². The summed E-state index contributed by atoms with van der Waals surface area (Å²) in [6.45, 7) is 0. The summed E-state index contributed by atoms with van der Waals surface area (Å²) in [5, 5.41) is 0. The molecule has 0 radical (unpaired) electrons. The number of rotatable bonds is 4. The standard InChI is InChI=1S/C14H18F3NO2/c1-19-12-7-6-10(20-14(15,16)17)8-11(12)13(18)9-4-2-3-5-9/h6-9,13H,2-5,18H2,1H3/t13-/m0/s1. The topological polar surface area (TPSA) is 44.5 Å². The number of ether oxygens (including phenoxy) is 2. The van der Waals surface area contributed by atoms with Crippen molar-refractivity contribution in [2.45, 2.75) is 38.1 Å². The highest BCUT2D eigenvalue weighted by atomic mass is 19.4. The smallest absolute Gasteiger partial charge is 0.496 e. The van der Waals surface area contributed by atoms with Gasteiger partial charge in [0.15, 0.2) is 0 Å². The molecule has 112 valence electrons.